The van der Waals surface area contributed by atoms with Gasteiger partial charge in [0.05, 0.1) is 16.7 Å². The van der Waals surface area contributed by atoms with Crippen molar-refractivity contribution < 1.29 is 0 Å². The van der Waals surface area contributed by atoms with Gasteiger partial charge in [-0.3, -0.25) is 0 Å². The van der Waals surface area contributed by atoms with Crippen LogP contribution < -0.4 is 4.90 Å². The van der Waals surface area contributed by atoms with Gasteiger partial charge in [-0.05, 0) is 12.1 Å². The molecule has 0 aliphatic heterocycles. The maximum absolute atomic E-state index is 4.69. The van der Waals surface area contributed by atoms with Crippen molar-refractivity contribution in [2.75, 3.05) is 19.0 Å². The number of fused-ring (bicyclic) bond motifs is 2. The standard InChI is InChI=1S/C15H14N2.2C2H6/c1-17(2)15-11-7-3-5-9-13(11)16-14-10-6-4-8-12(14)15;2*1-2/h3-10H,1-2H3;2*1-2H3. The molecule has 2 heteroatoms. The Morgan fingerprint density at radius 3 is 1.43 bits per heavy atom. The second-order valence-corrected chi connectivity index (χ2v) is 4.39. The summed E-state index contributed by atoms with van der Waals surface area (Å²) in [7, 11) is 4.16. The van der Waals surface area contributed by atoms with E-state index < -0.39 is 0 Å². The third-order valence-corrected chi connectivity index (χ3v) is 3.01. The Bertz CT molecular complexity index is 633. The van der Waals surface area contributed by atoms with Gasteiger partial charge >= 0.3 is 0 Å². The molecule has 0 unspecified atom stereocenters. The lowest BCUT2D eigenvalue weighted by Gasteiger charge is -2.18. The van der Waals surface area contributed by atoms with Crippen LogP contribution >= 0.6 is 0 Å². The first-order valence-electron chi connectivity index (χ1n) is 7.72. The minimum atomic E-state index is 1.05. The normalized spacial score (nSPS) is 9.43. The summed E-state index contributed by atoms with van der Waals surface area (Å²) in [5, 5.41) is 2.41. The van der Waals surface area contributed by atoms with Crippen LogP contribution in [0.1, 0.15) is 27.7 Å². The number of hydrogen-bond acceptors (Lipinski definition) is 2. The molecule has 0 amide bonds. The monoisotopic (exact) mass is 282 g/mol. The van der Waals surface area contributed by atoms with Crippen LogP contribution in [0.15, 0.2) is 48.5 Å². The van der Waals surface area contributed by atoms with Crippen molar-refractivity contribution in [3.05, 3.63) is 48.5 Å². The predicted molar refractivity (Wildman–Crippen MR) is 96.3 cm³/mol. The van der Waals surface area contributed by atoms with Crippen molar-refractivity contribution in [3.63, 3.8) is 0 Å². The van der Waals surface area contributed by atoms with Gasteiger partial charge in [-0.2, -0.15) is 0 Å². The number of pyridine rings is 1. The third kappa shape index (κ3) is 3.52. The van der Waals surface area contributed by atoms with E-state index in [0.717, 1.165) is 11.0 Å². The summed E-state index contributed by atoms with van der Waals surface area (Å²) < 4.78 is 0. The Kier molecular flexibility index (Phi) is 6.67. The minimum absolute atomic E-state index is 1.05. The van der Waals surface area contributed by atoms with Crippen molar-refractivity contribution in [3.8, 4) is 0 Å². The third-order valence-electron chi connectivity index (χ3n) is 3.01. The van der Waals surface area contributed by atoms with Crippen LogP contribution in [0.2, 0.25) is 0 Å². The first-order chi connectivity index (χ1) is 10.3. The molecule has 3 rings (SSSR count). The molecule has 1 heterocycles. The Hall–Kier alpha value is -2.09. The molecule has 0 radical (unpaired) electrons. The molecule has 0 fully saturated rings. The van der Waals surface area contributed by atoms with Crippen molar-refractivity contribution in [1.82, 2.24) is 4.98 Å². The molecule has 0 N–H and O–H groups in total. The molecule has 2 nitrogen and oxygen atoms in total. The maximum atomic E-state index is 4.69. The molecule has 0 aliphatic rings. The predicted octanol–water partition coefficient (Wildman–Crippen LogP) is 5.51. The van der Waals surface area contributed by atoms with Gasteiger partial charge in [0.1, 0.15) is 0 Å². The first-order valence-corrected chi connectivity index (χ1v) is 7.72. The van der Waals surface area contributed by atoms with Crippen molar-refractivity contribution in [2.24, 2.45) is 0 Å². The number of benzene rings is 2. The van der Waals surface area contributed by atoms with Gasteiger partial charge in [0.25, 0.3) is 0 Å². The molecule has 0 spiro atoms. The summed E-state index contributed by atoms with van der Waals surface area (Å²) in [5.74, 6) is 0. The molecule has 0 aliphatic carbocycles. The summed E-state index contributed by atoms with van der Waals surface area (Å²) in [4.78, 5) is 6.85. The van der Waals surface area contributed by atoms with E-state index in [1.165, 1.54) is 16.5 Å². The number of aromatic nitrogens is 1. The second kappa shape index (κ2) is 8.25. The SMILES string of the molecule is CC.CC.CN(C)c1c2ccccc2nc2ccccc12. The fourth-order valence-corrected chi connectivity index (χ4v) is 2.30. The maximum Gasteiger partial charge on any atom is 0.0730 e. The Labute approximate surface area is 128 Å². The molecular weight excluding hydrogens is 256 g/mol. The zero-order valence-corrected chi connectivity index (χ0v) is 14.0. The van der Waals surface area contributed by atoms with Crippen LogP contribution in [0.5, 0.6) is 0 Å². The van der Waals surface area contributed by atoms with Gasteiger partial charge in [0, 0.05) is 24.9 Å². The fourth-order valence-electron chi connectivity index (χ4n) is 2.30. The molecule has 21 heavy (non-hydrogen) atoms. The molecule has 0 atom stereocenters. The van der Waals surface area contributed by atoms with Crippen LogP contribution in [0.4, 0.5) is 5.69 Å². The van der Waals surface area contributed by atoms with Crippen LogP contribution in [0.3, 0.4) is 0 Å². The summed E-state index contributed by atoms with van der Waals surface area (Å²) in [6.07, 6.45) is 0. The molecule has 3 aromatic rings. The van der Waals surface area contributed by atoms with Crippen LogP contribution in [-0.4, -0.2) is 19.1 Å². The highest BCUT2D eigenvalue weighted by Gasteiger charge is 2.09. The number of anilines is 1. The largest absolute Gasteiger partial charge is 0.377 e. The van der Waals surface area contributed by atoms with Gasteiger partial charge < -0.3 is 4.90 Å². The van der Waals surface area contributed by atoms with E-state index in [4.69, 9.17) is 4.98 Å². The smallest absolute Gasteiger partial charge is 0.0730 e. The lowest BCUT2D eigenvalue weighted by Crippen LogP contribution is -2.10. The lowest BCUT2D eigenvalue weighted by molar-refractivity contribution is 1.15. The summed E-state index contributed by atoms with van der Waals surface area (Å²) >= 11 is 0. The summed E-state index contributed by atoms with van der Waals surface area (Å²) in [6.45, 7) is 8.00. The molecular formula is C19H26N2. The van der Waals surface area contributed by atoms with Gasteiger partial charge in [-0.25, -0.2) is 4.98 Å². The molecule has 2 aromatic carbocycles. The average molecular weight is 282 g/mol. The molecule has 0 saturated heterocycles. The van der Waals surface area contributed by atoms with Crippen molar-refractivity contribution in [2.45, 2.75) is 27.7 Å². The van der Waals surface area contributed by atoms with Gasteiger partial charge in [0.15, 0.2) is 0 Å². The number of nitrogens with zero attached hydrogens (tertiary/aromatic N) is 2. The number of para-hydroxylation sites is 2. The highest BCUT2D eigenvalue weighted by atomic mass is 15.1. The number of hydrogen-bond donors (Lipinski definition) is 0. The molecule has 0 saturated carbocycles. The Morgan fingerprint density at radius 1 is 0.667 bits per heavy atom. The van der Waals surface area contributed by atoms with Crippen LogP contribution in [0.25, 0.3) is 21.8 Å². The summed E-state index contributed by atoms with van der Waals surface area (Å²) in [5.41, 5.74) is 3.34. The van der Waals surface area contributed by atoms with E-state index in [0.29, 0.717) is 0 Å². The van der Waals surface area contributed by atoms with Crippen LogP contribution in [0, 0.1) is 0 Å². The highest BCUT2D eigenvalue weighted by molar-refractivity contribution is 6.07. The van der Waals surface area contributed by atoms with E-state index in [1.54, 1.807) is 0 Å². The highest BCUT2D eigenvalue weighted by Crippen LogP contribution is 2.32. The minimum Gasteiger partial charge on any atom is -0.377 e. The van der Waals surface area contributed by atoms with E-state index in [9.17, 15) is 0 Å². The van der Waals surface area contributed by atoms with Gasteiger partial charge in [0.2, 0.25) is 0 Å². The second-order valence-electron chi connectivity index (χ2n) is 4.39. The molecule has 0 bridgehead atoms. The zero-order chi connectivity index (χ0) is 15.8. The van der Waals surface area contributed by atoms with Crippen LogP contribution in [-0.2, 0) is 0 Å². The average Bonchev–Trinajstić information content (AvgIpc) is 2.56. The molecule has 1 aromatic heterocycles. The Morgan fingerprint density at radius 2 is 1.05 bits per heavy atom. The topological polar surface area (TPSA) is 16.1 Å². The van der Waals surface area contributed by atoms with E-state index >= 15 is 0 Å². The fraction of sp³-hybridized carbons (Fsp3) is 0.316. The van der Waals surface area contributed by atoms with Crippen molar-refractivity contribution in [1.29, 1.82) is 0 Å². The van der Waals surface area contributed by atoms with E-state index in [1.807, 2.05) is 39.8 Å². The zero-order valence-electron chi connectivity index (χ0n) is 14.0. The van der Waals surface area contributed by atoms with Gasteiger partial charge in [-0.15, -0.1) is 0 Å². The lowest BCUT2D eigenvalue weighted by atomic mass is 10.1. The number of rotatable bonds is 1. The summed E-state index contributed by atoms with van der Waals surface area (Å²) in [6, 6.07) is 16.6. The van der Waals surface area contributed by atoms with E-state index in [2.05, 4.69) is 55.4 Å². The van der Waals surface area contributed by atoms with Gasteiger partial charge in [-0.1, -0.05) is 64.1 Å². The van der Waals surface area contributed by atoms with E-state index in [-0.39, 0.29) is 0 Å². The quantitative estimate of drug-likeness (QED) is 0.547. The molecule has 112 valence electrons. The first kappa shape index (κ1) is 17.0. The Balaban J connectivity index is 0.000000510. The van der Waals surface area contributed by atoms with Crippen molar-refractivity contribution >= 4 is 27.5 Å².